The highest BCUT2D eigenvalue weighted by molar-refractivity contribution is 5.80. The molecular formula is C13H17F3N2O2. The van der Waals surface area contributed by atoms with Gasteiger partial charge in [0, 0.05) is 19.4 Å². The Labute approximate surface area is 115 Å². The van der Waals surface area contributed by atoms with Gasteiger partial charge in [0.2, 0.25) is 0 Å². The molecule has 1 rings (SSSR count). The highest BCUT2D eigenvalue weighted by Gasteiger charge is 2.31. The summed E-state index contributed by atoms with van der Waals surface area (Å²) in [4.78, 5) is 17.2. The number of carbonyl (C=O) groups is 1. The van der Waals surface area contributed by atoms with Gasteiger partial charge in [0.25, 0.3) is 5.91 Å². The number of rotatable bonds is 5. The quantitative estimate of drug-likeness (QED) is 0.837. The maximum Gasteiger partial charge on any atom is 0.411 e. The van der Waals surface area contributed by atoms with E-state index in [1.165, 1.54) is 18.9 Å². The van der Waals surface area contributed by atoms with E-state index in [0.717, 1.165) is 5.56 Å². The van der Waals surface area contributed by atoms with E-state index in [1.54, 1.807) is 31.5 Å². The van der Waals surface area contributed by atoms with E-state index in [1.807, 2.05) is 0 Å². The lowest BCUT2D eigenvalue weighted by Crippen LogP contribution is -2.39. The molecule has 1 amide bonds. The molecular weight excluding hydrogens is 273 g/mol. The van der Waals surface area contributed by atoms with E-state index in [9.17, 15) is 18.0 Å². The van der Waals surface area contributed by atoms with Crippen LogP contribution < -0.4 is 0 Å². The predicted octanol–water partition coefficient (Wildman–Crippen LogP) is 2.57. The number of pyridine rings is 1. The lowest BCUT2D eigenvalue weighted by atomic mass is 10.1. The second kappa shape index (κ2) is 6.69. The Morgan fingerprint density at radius 2 is 1.90 bits per heavy atom. The van der Waals surface area contributed by atoms with Crippen LogP contribution in [0.5, 0.6) is 0 Å². The normalized spacial score (nSPS) is 14.7. The van der Waals surface area contributed by atoms with E-state index >= 15 is 0 Å². The summed E-state index contributed by atoms with van der Waals surface area (Å²) in [7, 11) is 1.53. The van der Waals surface area contributed by atoms with Gasteiger partial charge in [-0.3, -0.25) is 9.78 Å². The van der Waals surface area contributed by atoms with Gasteiger partial charge in [0.05, 0.1) is 6.04 Å². The van der Waals surface area contributed by atoms with Gasteiger partial charge in [-0.2, -0.15) is 13.2 Å². The topological polar surface area (TPSA) is 42.4 Å². The van der Waals surface area contributed by atoms with Gasteiger partial charge in [0.15, 0.2) is 0 Å². The molecule has 0 N–H and O–H groups in total. The summed E-state index contributed by atoms with van der Waals surface area (Å²) in [6, 6.07) is 3.22. The molecule has 0 aliphatic rings. The van der Waals surface area contributed by atoms with Crippen LogP contribution in [0.4, 0.5) is 13.2 Å². The highest BCUT2D eigenvalue weighted by atomic mass is 19.4. The summed E-state index contributed by atoms with van der Waals surface area (Å²) in [5.74, 6) is -0.501. The number of alkyl halides is 3. The van der Waals surface area contributed by atoms with Gasteiger partial charge >= 0.3 is 6.18 Å². The SMILES string of the molecule is CC(OCC(F)(F)F)C(=O)N(C)C(C)c1ccncc1. The molecule has 1 aromatic rings. The Morgan fingerprint density at radius 1 is 1.35 bits per heavy atom. The van der Waals surface area contributed by atoms with E-state index in [-0.39, 0.29) is 6.04 Å². The van der Waals surface area contributed by atoms with E-state index in [2.05, 4.69) is 9.72 Å². The van der Waals surface area contributed by atoms with Crippen LogP contribution in [0.25, 0.3) is 0 Å². The molecule has 0 bridgehead atoms. The van der Waals surface area contributed by atoms with Gasteiger partial charge in [-0.25, -0.2) is 0 Å². The Bertz CT molecular complexity index is 437. The van der Waals surface area contributed by atoms with E-state index in [4.69, 9.17) is 0 Å². The number of carbonyl (C=O) groups excluding carboxylic acids is 1. The molecule has 0 spiro atoms. The highest BCUT2D eigenvalue weighted by Crippen LogP contribution is 2.20. The third kappa shape index (κ3) is 4.80. The number of halogens is 3. The molecule has 112 valence electrons. The van der Waals surface area contributed by atoms with Crippen LogP contribution in [0.1, 0.15) is 25.5 Å². The van der Waals surface area contributed by atoms with Crippen molar-refractivity contribution >= 4 is 5.91 Å². The molecule has 7 heteroatoms. The minimum absolute atomic E-state index is 0.276. The van der Waals surface area contributed by atoms with Gasteiger partial charge < -0.3 is 9.64 Å². The Balaban J connectivity index is 2.62. The number of hydrogen-bond acceptors (Lipinski definition) is 3. The molecule has 0 aromatic carbocycles. The van der Waals surface area contributed by atoms with Crippen LogP contribution in [0.3, 0.4) is 0 Å². The van der Waals surface area contributed by atoms with Crippen molar-refractivity contribution < 1.29 is 22.7 Å². The predicted molar refractivity (Wildman–Crippen MR) is 66.9 cm³/mol. The molecule has 0 aliphatic carbocycles. The van der Waals surface area contributed by atoms with Crippen molar-refractivity contribution in [3.05, 3.63) is 30.1 Å². The first kappa shape index (κ1) is 16.4. The fourth-order valence-electron chi connectivity index (χ4n) is 1.63. The molecule has 0 radical (unpaired) electrons. The fraction of sp³-hybridized carbons (Fsp3) is 0.538. The maximum absolute atomic E-state index is 12.0. The maximum atomic E-state index is 12.0. The summed E-state index contributed by atoms with van der Waals surface area (Å²) in [6.07, 6.45) is -2.41. The van der Waals surface area contributed by atoms with E-state index < -0.39 is 24.8 Å². The van der Waals surface area contributed by atoms with Crippen LogP contribution in [0.2, 0.25) is 0 Å². The number of likely N-dealkylation sites (N-methyl/N-ethyl adjacent to an activating group) is 1. The fourth-order valence-corrected chi connectivity index (χ4v) is 1.63. The summed E-state index contributed by atoms with van der Waals surface area (Å²) >= 11 is 0. The standard InChI is InChI=1S/C13H17F3N2O2/c1-9(11-4-6-17-7-5-11)18(3)12(19)10(2)20-8-13(14,15)16/h4-7,9-10H,8H2,1-3H3. The number of hydrogen-bond donors (Lipinski definition) is 0. The molecule has 20 heavy (non-hydrogen) atoms. The zero-order valence-corrected chi connectivity index (χ0v) is 11.5. The zero-order chi connectivity index (χ0) is 15.3. The van der Waals surface area contributed by atoms with Gasteiger partial charge in [0.1, 0.15) is 12.7 Å². The van der Waals surface area contributed by atoms with Crippen LogP contribution in [0, 0.1) is 0 Å². The molecule has 1 heterocycles. The summed E-state index contributed by atoms with van der Waals surface area (Å²) in [6.45, 7) is 1.66. The van der Waals surface area contributed by atoms with Gasteiger partial charge in [-0.05, 0) is 31.5 Å². The van der Waals surface area contributed by atoms with Gasteiger partial charge in [-0.15, -0.1) is 0 Å². The van der Waals surface area contributed by atoms with Crippen LogP contribution in [-0.4, -0.2) is 41.7 Å². The monoisotopic (exact) mass is 290 g/mol. The minimum atomic E-state index is -4.44. The first-order valence-corrected chi connectivity index (χ1v) is 6.07. The number of ether oxygens (including phenoxy) is 1. The molecule has 4 nitrogen and oxygen atoms in total. The van der Waals surface area contributed by atoms with E-state index in [0.29, 0.717) is 0 Å². The molecule has 0 saturated heterocycles. The van der Waals surface area contributed by atoms with Crippen molar-refractivity contribution in [1.82, 2.24) is 9.88 Å². The Kier molecular flexibility index (Phi) is 5.50. The molecule has 0 aliphatic heterocycles. The summed E-state index contributed by atoms with van der Waals surface area (Å²) in [5, 5.41) is 0. The average molecular weight is 290 g/mol. The summed E-state index contributed by atoms with van der Waals surface area (Å²) in [5.41, 5.74) is 0.846. The van der Waals surface area contributed by atoms with Crippen molar-refractivity contribution in [2.24, 2.45) is 0 Å². The lowest BCUT2D eigenvalue weighted by Gasteiger charge is -2.28. The summed E-state index contributed by atoms with van der Waals surface area (Å²) < 4.78 is 40.7. The van der Waals surface area contributed by atoms with Crippen molar-refractivity contribution in [2.75, 3.05) is 13.7 Å². The average Bonchev–Trinajstić information content (AvgIpc) is 2.42. The van der Waals surface area contributed by atoms with Gasteiger partial charge in [-0.1, -0.05) is 0 Å². The smallest absolute Gasteiger partial charge is 0.359 e. The van der Waals surface area contributed by atoms with Crippen LogP contribution in [0.15, 0.2) is 24.5 Å². The van der Waals surface area contributed by atoms with Crippen molar-refractivity contribution in [3.63, 3.8) is 0 Å². The Morgan fingerprint density at radius 3 is 2.40 bits per heavy atom. The number of nitrogens with zero attached hydrogens (tertiary/aromatic N) is 2. The van der Waals surface area contributed by atoms with Crippen molar-refractivity contribution in [3.8, 4) is 0 Å². The zero-order valence-electron chi connectivity index (χ0n) is 11.5. The molecule has 0 fully saturated rings. The molecule has 0 saturated carbocycles. The number of amides is 1. The van der Waals surface area contributed by atoms with Crippen molar-refractivity contribution in [1.29, 1.82) is 0 Å². The third-order valence-electron chi connectivity index (χ3n) is 2.96. The molecule has 1 aromatic heterocycles. The first-order valence-electron chi connectivity index (χ1n) is 6.07. The second-order valence-corrected chi connectivity index (χ2v) is 4.47. The Hall–Kier alpha value is -1.63. The molecule has 2 atom stereocenters. The third-order valence-corrected chi connectivity index (χ3v) is 2.96. The van der Waals surface area contributed by atoms with Crippen LogP contribution >= 0.6 is 0 Å². The largest absolute Gasteiger partial charge is 0.411 e. The lowest BCUT2D eigenvalue weighted by molar-refractivity contribution is -0.188. The van der Waals surface area contributed by atoms with Crippen molar-refractivity contribution in [2.45, 2.75) is 32.2 Å². The molecule has 2 unspecified atom stereocenters. The second-order valence-electron chi connectivity index (χ2n) is 4.47. The van der Waals surface area contributed by atoms with Crippen LogP contribution in [-0.2, 0) is 9.53 Å². The minimum Gasteiger partial charge on any atom is -0.359 e. The first-order chi connectivity index (χ1) is 9.22. The number of aromatic nitrogens is 1.